The van der Waals surface area contributed by atoms with Gasteiger partial charge < -0.3 is 19.6 Å². The second-order valence-corrected chi connectivity index (χ2v) is 7.57. The molecule has 1 heterocycles. The summed E-state index contributed by atoms with van der Waals surface area (Å²) in [4.78, 5) is 36.1. The van der Waals surface area contributed by atoms with Gasteiger partial charge >= 0.3 is 18.1 Å². The van der Waals surface area contributed by atoms with E-state index in [1.54, 1.807) is 6.92 Å². The lowest BCUT2D eigenvalue weighted by molar-refractivity contribution is -0.137. The number of anilines is 1. The van der Waals surface area contributed by atoms with Crippen molar-refractivity contribution >= 4 is 24.0 Å². The van der Waals surface area contributed by atoms with Crippen LogP contribution in [-0.2, 0) is 14.3 Å². The molecule has 0 aliphatic heterocycles. The highest BCUT2D eigenvalue weighted by Crippen LogP contribution is 2.44. The number of hydrogen-bond acceptors (Lipinski definition) is 7. The molecule has 3 aromatic rings. The summed E-state index contributed by atoms with van der Waals surface area (Å²) in [5.74, 6) is -1.68. The van der Waals surface area contributed by atoms with Crippen molar-refractivity contribution in [3.8, 4) is 11.1 Å². The van der Waals surface area contributed by atoms with Gasteiger partial charge in [-0.25, -0.2) is 4.79 Å². The van der Waals surface area contributed by atoms with Gasteiger partial charge in [0.1, 0.15) is 12.6 Å². The molecule has 1 aliphatic carbocycles. The van der Waals surface area contributed by atoms with Crippen molar-refractivity contribution in [3.63, 3.8) is 0 Å². The van der Waals surface area contributed by atoms with Crippen molar-refractivity contribution in [1.82, 2.24) is 15.5 Å². The highest BCUT2D eigenvalue weighted by molar-refractivity contribution is 5.95. The number of aliphatic carboxylic acids is 1. The molecule has 0 bridgehead atoms. The Kier molecular flexibility index (Phi) is 6.34. The van der Waals surface area contributed by atoms with E-state index in [4.69, 9.17) is 14.3 Å². The predicted molar refractivity (Wildman–Crippen MR) is 117 cm³/mol. The van der Waals surface area contributed by atoms with Crippen molar-refractivity contribution in [2.24, 2.45) is 0 Å². The van der Waals surface area contributed by atoms with Crippen LogP contribution in [0.5, 0.6) is 0 Å². The Balaban J connectivity index is 1.42. The molecule has 0 radical (unpaired) electrons. The Bertz CT molecular complexity index is 1150. The molecule has 1 unspecified atom stereocenters. The van der Waals surface area contributed by atoms with Gasteiger partial charge in [-0.1, -0.05) is 53.6 Å². The summed E-state index contributed by atoms with van der Waals surface area (Å²) in [6, 6.07) is 14.5. The maximum Gasteiger partial charge on any atom is 0.407 e. The number of carboxylic acid groups (broad SMARTS) is 1. The van der Waals surface area contributed by atoms with Crippen LogP contribution < -0.4 is 10.6 Å². The van der Waals surface area contributed by atoms with Gasteiger partial charge in [0.15, 0.2) is 0 Å². The quantitative estimate of drug-likeness (QED) is 0.475. The van der Waals surface area contributed by atoms with Gasteiger partial charge in [0.2, 0.25) is 5.89 Å². The Labute approximate surface area is 189 Å². The summed E-state index contributed by atoms with van der Waals surface area (Å²) in [6.07, 6.45) is -1.30. The molecule has 2 amide bonds. The van der Waals surface area contributed by atoms with Crippen molar-refractivity contribution in [3.05, 3.63) is 65.5 Å². The van der Waals surface area contributed by atoms with Gasteiger partial charge in [-0.3, -0.25) is 14.9 Å². The van der Waals surface area contributed by atoms with Crippen molar-refractivity contribution in [2.45, 2.75) is 31.7 Å². The number of rotatable bonds is 8. The fraction of sp³-hybridized carbons (Fsp3) is 0.261. The monoisotopic (exact) mass is 450 g/mol. The molecule has 10 nitrogen and oxygen atoms in total. The first-order valence-corrected chi connectivity index (χ1v) is 10.4. The van der Waals surface area contributed by atoms with E-state index in [0.29, 0.717) is 0 Å². The number of fused-ring (bicyclic) bond motifs is 3. The van der Waals surface area contributed by atoms with Crippen LogP contribution in [0.15, 0.2) is 52.9 Å². The number of aromatic nitrogens is 2. The third-order valence-electron chi connectivity index (χ3n) is 5.36. The molecule has 170 valence electrons. The van der Waals surface area contributed by atoms with Gasteiger partial charge in [-0.2, -0.15) is 0 Å². The minimum absolute atomic E-state index is 0.0655. The van der Waals surface area contributed by atoms with Gasteiger partial charge in [0.05, 0.1) is 0 Å². The first kappa shape index (κ1) is 22.0. The molecule has 0 fully saturated rings. The average molecular weight is 450 g/mol. The second-order valence-electron chi connectivity index (χ2n) is 7.57. The molecular weight excluding hydrogens is 428 g/mol. The van der Waals surface area contributed by atoms with Crippen LogP contribution in [0, 0.1) is 6.92 Å². The lowest BCUT2D eigenvalue weighted by atomic mass is 9.98. The van der Waals surface area contributed by atoms with E-state index >= 15 is 0 Å². The van der Waals surface area contributed by atoms with Crippen LogP contribution >= 0.6 is 0 Å². The number of carbonyl (C=O) groups excluding carboxylic acids is 2. The molecule has 0 saturated heterocycles. The van der Waals surface area contributed by atoms with Gasteiger partial charge in [-0.05, 0) is 28.7 Å². The van der Waals surface area contributed by atoms with Crippen LogP contribution in [0.3, 0.4) is 0 Å². The maximum atomic E-state index is 12.6. The third kappa shape index (κ3) is 5.00. The van der Waals surface area contributed by atoms with Crippen LogP contribution in [0.25, 0.3) is 11.1 Å². The number of alkyl carbamates (subject to hydrolysis) is 1. The maximum absolute atomic E-state index is 12.6. The average Bonchev–Trinajstić information content (AvgIpc) is 3.35. The summed E-state index contributed by atoms with van der Waals surface area (Å²) in [7, 11) is 0. The largest absolute Gasteiger partial charge is 0.481 e. The minimum Gasteiger partial charge on any atom is -0.481 e. The van der Waals surface area contributed by atoms with Gasteiger partial charge in [-0.15, -0.1) is 5.10 Å². The Hall–Kier alpha value is -4.21. The number of aryl methyl sites for hydroxylation is 1. The lowest BCUT2D eigenvalue weighted by Crippen LogP contribution is -2.44. The molecule has 0 spiro atoms. The van der Waals surface area contributed by atoms with Crippen LogP contribution in [0.4, 0.5) is 10.8 Å². The van der Waals surface area contributed by atoms with E-state index in [0.717, 1.165) is 22.3 Å². The Morgan fingerprint density at radius 3 is 2.27 bits per heavy atom. The smallest absolute Gasteiger partial charge is 0.407 e. The molecule has 1 aliphatic rings. The molecular formula is C23H22N4O6. The summed E-state index contributed by atoms with van der Waals surface area (Å²) in [5, 5.41) is 21.1. The fourth-order valence-electron chi connectivity index (χ4n) is 3.86. The van der Waals surface area contributed by atoms with E-state index in [1.807, 2.05) is 48.5 Å². The van der Waals surface area contributed by atoms with Gasteiger partial charge in [0.25, 0.3) is 5.91 Å². The van der Waals surface area contributed by atoms with Crippen molar-refractivity contribution in [1.29, 1.82) is 0 Å². The number of ether oxygens (including phenoxy) is 1. The minimum atomic E-state index is -1.16. The van der Waals surface area contributed by atoms with E-state index in [-0.39, 0.29) is 37.3 Å². The normalized spacial score (nSPS) is 13.0. The molecule has 1 atom stereocenters. The summed E-state index contributed by atoms with van der Waals surface area (Å²) in [5.41, 5.74) is 4.29. The Morgan fingerprint density at radius 2 is 1.70 bits per heavy atom. The number of hydrogen-bond donors (Lipinski definition) is 3. The molecule has 2 aromatic carbocycles. The number of carboxylic acids is 1. The zero-order valence-corrected chi connectivity index (χ0v) is 17.8. The lowest BCUT2D eigenvalue weighted by Gasteiger charge is -2.18. The standard InChI is InChI=1S/C23H22N4O6/c1-13-26-27-22(33-13)25-21(30)19(10-11-20(28)29)24-23(31)32-12-18-16-8-4-2-6-14(16)15-7-3-5-9-17(15)18/h2-9,18-19H,10-12H2,1H3,(H,24,31)(H,28,29)(H,25,27,30). The van der Waals surface area contributed by atoms with E-state index in [1.165, 1.54) is 0 Å². The van der Waals surface area contributed by atoms with Crippen molar-refractivity contribution < 1.29 is 28.6 Å². The SMILES string of the molecule is Cc1nnc(NC(=O)C(CCC(=O)O)NC(=O)OCC2c3ccccc3-c3ccccc32)o1. The number of carbonyl (C=O) groups is 3. The summed E-state index contributed by atoms with van der Waals surface area (Å²) >= 11 is 0. The number of benzene rings is 2. The molecule has 33 heavy (non-hydrogen) atoms. The molecule has 0 saturated carbocycles. The topological polar surface area (TPSA) is 144 Å². The summed E-state index contributed by atoms with van der Waals surface area (Å²) in [6.45, 7) is 1.62. The van der Waals surface area contributed by atoms with E-state index in [2.05, 4.69) is 20.8 Å². The number of amides is 2. The number of nitrogens with zero attached hydrogens (tertiary/aromatic N) is 2. The molecule has 1 aromatic heterocycles. The first-order chi connectivity index (χ1) is 15.9. The zero-order valence-electron chi connectivity index (χ0n) is 17.8. The van der Waals surface area contributed by atoms with E-state index in [9.17, 15) is 14.4 Å². The predicted octanol–water partition coefficient (Wildman–Crippen LogP) is 3.09. The number of nitrogens with one attached hydrogen (secondary N) is 2. The molecule has 10 heteroatoms. The molecule has 4 rings (SSSR count). The van der Waals surface area contributed by atoms with Crippen molar-refractivity contribution in [2.75, 3.05) is 11.9 Å². The highest BCUT2D eigenvalue weighted by atomic mass is 16.5. The molecule has 3 N–H and O–H groups in total. The fourth-order valence-corrected chi connectivity index (χ4v) is 3.86. The summed E-state index contributed by atoms with van der Waals surface area (Å²) < 4.78 is 10.6. The van der Waals surface area contributed by atoms with Gasteiger partial charge in [0, 0.05) is 19.3 Å². The van der Waals surface area contributed by atoms with Crippen LogP contribution in [0.2, 0.25) is 0 Å². The first-order valence-electron chi connectivity index (χ1n) is 10.4. The van der Waals surface area contributed by atoms with Crippen LogP contribution in [-0.4, -0.2) is 45.9 Å². The second kappa shape index (κ2) is 9.51. The third-order valence-corrected chi connectivity index (χ3v) is 5.36. The zero-order chi connectivity index (χ0) is 23.4. The van der Waals surface area contributed by atoms with Crippen LogP contribution in [0.1, 0.15) is 35.8 Å². The van der Waals surface area contributed by atoms with E-state index < -0.39 is 24.0 Å². The highest BCUT2D eigenvalue weighted by Gasteiger charge is 2.30. The Morgan fingerprint density at radius 1 is 1.06 bits per heavy atom.